The first-order chi connectivity index (χ1) is 32.0. The molecule has 0 unspecified atom stereocenters. The highest BCUT2D eigenvalue weighted by molar-refractivity contribution is 5.71. The van der Waals surface area contributed by atoms with E-state index < -0.39 is 6.10 Å². The molecule has 0 aromatic rings. The fourth-order valence-corrected chi connectivity index (χ4v) is 7.84. The Morgan fingerprint density at radius 1 is 0.323 bits per heavy atom. The van der Waals surface area contributed by atoms with Gasteiger partial charge in [0.1, 0.15) is 13.2 Å². The van der Waals surface area contributed by atoms with Crippen molar-refractivity contribution >= 4 is 17.9 Å². The third-order valence-electron chi connectivity index (χ3n) is 12.0. The Labute approximate surface area is 402 Å². The van der Waals surface area contributed by atoms with Crippen LogP contribution in [0.5, 0.6) is 0 Å². The van der Waals surface area contributed by atoms with Gasteiger partial charge in [0.05, 0.1) is 0 Å². The minimum Gasteiger partial charge on any atom is -0.462 e. The predicted molar refractivity (Wildman–Crippen MR) is 279 cm³/mol. The van der Waals surface area contributed by atoms with Crippen molar-refractivity contribution in [2.24, 2.45) is 0 Å². The first-order valence-electron chi connectivity index (χ1n) is 27.8. The molecule has 0 saturated carbocycles. The van der Waals surface area contributed by atoms with Crippen molar-refractivity contribution in [1.82, 2.24) is 0 Å². The maximum absolute atomic E-state index is 12.8. The van der Waals surface area contributed by atoms with Gasteiger partial charge >= 0.3 is 17.9 Å². The van der Waals surface area contributed by atoms with Crippen LogP contribution in [0.25, 0.3) is 0 Å². The summed E-state index contributed by atoms with van der Waals surface area (Å²) in [6.07, 6.45) is 66.3. The summed E-state index contributed by atoms with van der Waals surface area (Å²) >= 11 is 0. The Bertz CT molecular complexity index is 1180. The molecule has 376 valence electrons. The van der Waals surface area contributed by atoms with Gasteiger partial charge in [0, 0.05) is 19.3 Å². The van der Waals surface area contributed by atoms with Crippen LogP contribution in [0.15, 0.2) is 60.8 Å². The zero-order valence-corrected chi connectivity index (χ0v) is 43.0. The molecule has 0 aromatic carbocycles. The minimum absolute atomic E-state index is 0.0833. The summed E-state index contributed by atoms with van der Waals surface area (Å²) in [5.74, 6) is -0.902. The lowest BCUT2D eigenvalue weighted by atomic mass is 10.0. The number of hydrogen-bond acceptors (Lipinski definition) is 6. The fourth-order valence-electron chi connectivity index (χ4n) is 7.84. The molecule has 0 bridgehead atoms. The summed E-state index contributed by atoms with van der Waals surface area (Å²) in [6.45, 7) is 6.52. The van der Waals surface area contributed by atoms with E-state index in [0.29, 0.717) is 19.3 Å². The maximum Gasteiger partial charge on any atom is 0.306 e. The number of carbonyl (C=O) groups is 3. The quantitative estimate of drug-likeness (QED) is 0.0262. The molecule has 0 aromatic heterocycles. The number of carbonyl (C=O) groups excluding carboxylic acids is 3. The van der Waals surface area contributed by atoms with Gasteiger partial charge in [0.15, 0.2) is 6.10 Å². The molecule has 0 heterocycles. The summed E-state index contributed by atoms with van der Waals surface area (Å²) in [5.41, 5.74) is 0. The average Bonchev–Trinajstić information content (AvgIpc) is 3.30. The number of unbranched alkanes of at least 4 members (excludes halogenated alkanes) is 29. The number of esters is 3. The number of allylic oxidation sites excluding steroid dienone is 10. The first kappa shape index (κ1) is 62.1. The van der Waals surface area contributed by atoms with Gasteiger partial charge in [-0.3, -0.25) is 14.4 Å². The third kappa shape index (κ3) is 51.9. The fraction of sp³-hybridized carbons (Fsp3) is 0.780. The highest BCUT2D eigenvalue weighted by atomic mass is 16.6. The van der Waals surface area contributed by atoms with E-state index in [1.807, 2.05) is 0 Å². The van der Waals surface area contributed by atoms with E-state index in [9.17, 15) is 14.4 Å². The van der Waals surface area contributed by atoms with Crippen LogP contribution in [0, 0.1) is 0 Å². The summed E-state index contributed by atoms with van der Waals surface area (Å²) in [5, 5.41) is 0. The van der Waals surface area contributed by atoms with Gasteiger partial charge in [0.2, 0.25) is 0 Å². The topological polar surface area (TPSA) is 78.9 Å². The lowest BCUT2D eigenvalue weighted by Crippen LogP contribution is -2.30. The molecule has 0 N–H and O–H groups in total. The molecule has 1 atom stereocenters. The van der Waals surface area contributed by atoms with Crippen LogP contribution in [-0.2, 0) is 28.6 Å². The van der Waals surface area contributed by atoms with Crippen molar-refractivity contribution in [3.63, 3.8) is 0 Å². The molecule has 65 heavy (non-hydrogen) atoms. The van der Waals surface area contributed by atoms with Gasteiger partial charge in [-0.1, -0.05) is 236 Å². The molecule has 0 amide bonds. The van der Waals surface area contributed by atoms with E-state index in [-0.39, 0.29) is 31.1 Å². The van der Waals surface area contributed by atoms with E-state index in [1.54, 1.807) is 0 Å². The van der Waals surface area contributed by atoms with Gasteiger partial charge in [-0.2, -0.15) is 0 Å². The number of hydrogen-bond donors (Lipinski definition) is 0. The molecule has 0 aliphatic rings. The largest absolute Gasteiger partial charge is 0.462 e. The molecular weight excluding hydrogens is 805 g/mol. The monoisotopic (exact) mass is 909 g/mol. The molecule has 0 radical (unpaired) electrons. The van der Waals surface area contributed by atoms with E-state index in [0.717, 1.165) is 96.3 Å². The maximum atomic E-state index is 12.8. The molecule has 0 saturated heterocycles. The normalized spacial score (nSPS) is 12.5. The van der Waals surface area contributed by atoms with E-state index in [1.165, 1.54) is 141 Å². The Kier molecular flexibility index (Phi) is 51.3. The Balaban J connectivity index is 4.41. The van der Waals surface area contributed by atoms with Crippen molar-refractivity contribution in [3.8, 4) is 0 Å². The van der Waals surface area contributed by atoms with E-state index in [4.69, 9.17) is 14.2 Å². The van der Waals surface area contributed by atoms with Gasteiger partial charge in [-0.25, -0.2) is 0 Å². The third-order valence-corrected chi connectivity index (χ3v) is 12.0. The van der Waals surface area contributed by atoms with Crippen LogP contribution in [0.3, 0.4) is 0 Å². The van der Waals surface area contributed by atoms with Crippen LogP contribution in [0.4, 0.5) is 0 Å². The van der Waals surface area contributed by atoms with Crippen LogP contribution >= 0.6 is 0 Å². The van der Waals surface area contributed by atoms with Gasteiger partial charge in [-0.15, -0.1) is 0 Å². The molecule has 0 aliphatic heterocycles. The van der Waals surface area contributed by atoms with Crippen molar-refractivity contribution in [1.29, 1.82) is 0 Å². The summed E-state index contributed by atoms with van der Waals surface area (Å²) < 4.78 is 16.8. The Morgan fingerprint density at radius 2 is 0.600 bits per heavy atom. The average molecular weight is 909 g/mol. The van der Waals surface area contributed by atoms with Crippen LogP contribution < -0.4 is 0 Å². The predicted octanol–water partition coefficient (Wildman–Crippen LogP) is 18.4. The van der Waals surface area contributed by atoms with Crippen LogP contribution in [0.2, 0.25) is 0 Å². The van der Waals surface area contributed by atoms with Crippen molar-refractivity contribution in [2.75, 3.05) is 13.2 Å². The van der Waals surface area contributed by atoms with E-state index in [2.05, 4.69) is 81.5 Å². The zero-order chi connectivity index (χ0) is 47.2. The standard InChI is InChI=1S/C59H104O6/c1-4-7-10-13-16-19-22-25-27-29-31-34-37-40-43-46-49-52-58(61)64-55-56(54-63-57(60)51-48-45-42-39-36-33-24-21-18-15-12-9-6-3)65-59(62)53-50-47-44-41-38-35-32-30-28-26-23-20-17-14-11-8-5-2/h8,11,17,20,25-28,32,35,56H,4-7,9-10,12-16,18-19,21-24,29-31,33-34,36-55H2,1-3H3/b11-8-,20-17-,27-25-,28-26-,35-32-/t56-/m0/s1. The first-order valence-corrected chi connectivity index (χ1v) is 27.8. The van der Waals surface area contributed by atoms with Gasteiger partial charge < -0.3 is 14.2 Å². The molecule has 6 nitrogen and oxygen atoms in total. The second-order valence-electron chi connectivity index (χ2n) is 18.5. The lowest BCUT2D eigenvalue weighted by molar-refractivity contribution is -0.167. The second kappa shape index (κ2) is 53.7. The Morgan fingerprint density at radius 3 is 0.954 bits per heavy atom. The molecular formula is C59H104O6. The van der Waals surface area contributed by atoms with Crippen LogP contribution in [0.1, 0.15) is 278 Å². The van der Waals surface area contributed by atoms with Crippen molar-refractivity contribution in [3.05, 3.63) is 60.8 Å². The SMILES string of the molecule is CC/C=C\C/C=C\C/C=C\C/C=C\CCCCCCC(=O)O[C@H](COC(=O)CCCCCCCCC/C=C\CCCCCCCC)COC(=O)CCCCCCCCCCCCCCC. The molecule has 0 rings (SSSR count). The highest BCUT2D eigenvalue weighted by Crippen LogP contribution is 2.15. The van der Waals surface area contributed by atoms with Gasteiger partial charge in [-0.05, 0) is 83.5 Å². The van der Waals surface area contributed by atoms with E-state index >= 15 is 0 Å². The second-order valence-corrected chi connectivity index (χ2v) is 18.5. The summed E-state index contributed by atoms with van der Waals surface area (Å²) in [7, 11) is 0. The van der Waals surface area contributed by atoms with Crippen molar-refractivity contribution in [2.45, 2.75) is 284 Å². The lowest BCUT2D eigenvalue weighted by Gasteiger charge is -2.18. The molecule has 6 heteroatoms. The van der Waals surface area contributed by atoms with Gasteiger partial charge in [0.25, 0.3) is 0 Å². The highest BCUT2D eigenvalue weighted by Gasteiger charge is 2.19. The van der Waals surface area contributed by atoms with Crippen LogP contribution in [-0.4, -0.2) is 37.2 Å². The summed E-state index contributed by atoms with van der Waals surface area (Å²) in [6, 6.07) is 0. The zero-order valence-electron chi connectivity index (χ0n) is 43.0. The van der Waals surface area contributed by atoms with Crippen molar-refractivity contribution < 1.29 is 28.6 Å². The summed E-state index contributed by atoms with van der Waals surface area (Å²) in [4.78, 5) is 38.1. The molecule has 0 spiro atoms. The molecule has 0 aliphatic carbocycles. The Hall–Kier alpha value is -2.89. The number of rotatable bonds is 50. The molecule has 0 fully saturated rings. The smallest absolute Gasteiger partial charge is 0.306 e. The number of ether oxygens (including phenoxy) is 3. The minimum atomic E-state index is -0.786.